The molecule has 1 aromatic rings. The molecule has 3 heteroatoms. The second-order valence-corrected chi connectivity index (χ2v) is 5.10. The van der Waals surface area contributed by atoms with E-state index in [1.807, 2.05) is 0 Å². The number of alkyl halides is 1. The van der Waals surface area contributed by atoms with Crippen molar-refractivity contribution in [3.63, 3.8) is 0 Å². The largest absolute Gasteiger partial charge is 0.204 e. The normalized spacial score (nSPS) is 18.1. The van der Waals surface area contributed by atoms with Gasteiger partial charge in [0.1, 0.15) is 0 Å². The van der Waals surface area contributed by atoms with Gasteiger partial charge in [-0.05, 0) is 24.8 Å². The maximum Gasteiger partial charge on any atom is 0.166 e. The van der Waals surface area contributed by atoms with Crippen molar-refractivity contribution >= 4 is 17.7 Å². The average Bonchev–Trinajstić information content (AvgIpc) is 2.41. The summed E-state index contributed by atoms with van der Waals surface area (Å²) in [5.74, 6) is -0.767. The van der Waals surface area contributed by atoms with E-state index >= 15 is 0 Å². The SMILES string of the molecule is Fc1cccc(C=C(CCl)C2CCCCC2)c1F. The van der Waals surface area contributed by atoms with Crippen LogP contribution in [0.25, 0.3) is 6.08 Å². The molecule has 1 aromatic carbocycles. The first-order valence-electron chi connectivity index (χ1n) is 6.43. The predicted molar refractivity (Wildman–Crippen MR) is 71.6 cm³/mol. The molecule has 2 rings (SSSR count). The lowest BCUT2D eigenvalue weighted by atomic mass is 9.83. The van der Waals surface area contributed by atoms with Gasteiger partial charge in [0.15, 0.2) is 11.6 Å². The van der Waals surface area contributed by atoms with Gasteiger partial charge in [-0.2, -0.15) is 0 Å². The molecule has 1 aliphatic rings. The minimum atomic E-state index is -0.804. The van der Waals surface area contributed by atoms with E-state index in [0.717, 1.165) is 24.5 Å². The number of allylic oxidation sites excluding steroid dienone is 1. The van der Waals surface area contributed by atoms with Gasteiger partial charge < -0.3 is 0 Å². The highest BCUT2D eigenvalue weighted by Crippen LogP contribution is 2.31. The van der Waals surface area contributed by atoms with Crippen molar-refractivity contribution in [3.8, 4) is 0 Å². The van der Waals surface area contributed by atoms with Crippen LogP contribution in [0.4, 0.5) is 8.78 Å². The Labute approximate surface area is 112 Å². The second kappa shape index (κ2) is 6.33. The summed E-state index contributed by atoms with van der Waals surface area (Å²) >= 11 is 5.96. The molecule has 0 aliphatic heterocycles. The third-order valence-corrected chi connectivity index (χ3v) is 3.91. The van der Waals surface area contributed by atoms with Gasteiger partial charge in [-0.25, -0.2) is 8.78 Å². The van der Waals surface area contributed by atoms with Crippen molar-refractivity contribution in [1.82, 2.24) is 0 Å². The van der Waals surface area contributed by atoms with Crippen LogP contribution in [0.5, 0.6) is 0 Å². The van der Waals surface area contributed by atoms with E-state index in [9.17, 15) is 8.78 Å². The van der Waals surface area contributed by atoms with E-state index in [-0.39, 0.29) is 0 Å². The quantitative estimate of drug-likeness (QED) is 0.665. The molecule has 0 bridgehead atoms. The van der Waals surface area contributed by atoms with Crippen molar-refractivity contribution in [2.24, 2.45) is 5.92 Å². The molecular weight excluding hydrogens is 254 g/mol. The molecule has 0 radical (unpaired) electrons. The summed E-state index contributed by atoms with van der Waals surface area (Å²) in [5, 5.41) is 0. The van der Waals surface area contributed by atoms with E-state index in [1.54, 1.807) is 12.1 Å². The molecule has 1 saturated carbocycles. The van der Waals surface area contributed by atoms with Crippen LogP contribution in [0.2, 0.25) is 0 Å². The molecular formula is C15H17ClF2. The topological polar surface area (TPSA) is 0 Å². The Hall–Kier alpha value is -0.890. The van der Waals surface area contributed by atoms with E-state index in [2.05, 4.69) is 0 Å². The first kappa shape index (κ1) is 13.5. The molecule has 0 unspecified atom stereocenters. The van der Waals surface area contributed by atoms with Gasteiger partial charge in [0.2, 0.25) is 0 Å². The van der Waals surface area contributed by atoms with Crippen LogP contribution in [-0.4, -0.2) is 5.88 Å². The van der Waals surface area contributed by atoms with E-state index in [1.165, 1.54) is 25.3 Å². The summed E-state index contributed by atoms with van der Waals surface area (Å²) in [5.41, 5.74) is 1.33. The monoisotopic (exact) mass is 270 g/mol. The van der Waals surface area contributed by atoms with Gasteiger partial charge in [0.05, 0.1) is 0 Å². The molecule has 98 valence electrons. The Morgan fingerprint density at radius 1 is 1.22 bits per heavy atom. The highest BCUT2D eigenvalue weighted by molar-refractivity contribution is 6.19. The predicted octanol–water partition coefficient (Wildman–Crippen LogP) is 5.17. The molecule has 1 fully saturated rings. The zero-order chi connectivity index (χ0) is 13.0. The lowest BCUT2D eigenvalue weighted by Crippen LogP contribution is -2.10. The van der Waals surface area contributed by atoms with Crippen LogP contribution < -0.4 is 0 Å². The molecule has 0 aromatic heterocycles. The Morgan fingerprint density at radius 2 is 1.94 bits per heavy atom. The second-order valence-electron chi connectivity index (χ2n) is 4.83. The Balaban J connectivity index is 2.25. The van der Waals surface area contributed by atoms with E-state index < -0.39 is 11.6 Å². The van der Waals surface area contributed by atoms with Gasteiger partial charge in [0, 0.05) is 11.4 Å². The third kappa shape index (κ3) is 3.11. The Bertz CT molecular complexity index is 434. The van der Waals surface area contributed by atoms with Gasteiger partial charge in [-0.1, -0.05) is 43.0 Å². The van der Waals surface area contributed by atoms with Crippen LogP contribution in [0, 0.1) is 17.6 Å². The van der Waals surface area contributed by atoms with Crippen molar-refractivity contribution in [2.75, 3.05) is 5.88 Å². The summed E-state index contributed by atoms with van der Waals surface area (Å²) in [6.07, 6.45) is 7.60. The molecule has 0 amide bonds. The fourth-order valence-corrected chi connectivity index (χ4v) is 2.87. The van der Waals surface area contributed by atoms with Crippen molar-refractivity contribution < 1.29 is 8.78 Å². The minimum Gasteiger partial charge on any atom is -0.204 e. The maximum atomic E-state index is 13.6. The summed E-state index contributed by atoms with van der Waals surface area (Å²) in [6, 6.07) is 4.25. The number of hydrogen-bond acceptors (Lipinski definition) is 0. The summed E-state index contributed by atoms with van der Waals surface area (Å²) in [6.45, 7) is 0. The molecule has 0 saturated heterocycles. The van der Waals surface area contributed by atoms with Crippen LogP contribution >= 0.6 is 11.6 Å². The molecule has 0 heterocycles. The zero-order valence-electron chi connectivity index (χ0n) is 10.3. The van der Waals surface area contributed by atoms with Gasteiger partial charge in [-0.15, -0.1) is 11.6 Å². The van der Waals surface area contributed by atoms with Gasteiger partial charge in [-0.3, -0.25) is 0 Å². The number of rotatable bonds is 3. The Kier molecular flexibility index (Phi) is 4.76. The van der Waals surface area contributed by atoms with E-state index in [4.69, 9.17) is 11.6 Å². The lowest BCUT2D eigenvalue weighted by Gasteiger charge is -2.23. The highest BCUT2D eigenvalue weighted by atomic mass is 35.5. The minimum absolute atomic E-state index is 0.302. The van der Waals surface area contributed by atoms with Crippen LogP contribution in [0.1, 0.15) is 37.7 Å². The molecule has 0 atom stereocenters. The lowest BCUT2D eigenvalue weighted by molar-refractivity contribution is 0.405. The molecule has 0 nitrogen and oxygen atoms in total. The first-order valence-corrected chi connectivity index (χ1v) is 6.96. The molecule has 18 heavy (non-hydrogen) atoms. The standard InChI is InChI=1S/C15H17ClF2/c16-10-13(11-5-2-1-3-6-11)9-12-7-4-8-14(17)15(12)18/h4,7-9,11H,1-3,5-6,10H2. The van der Waals surface area contributed by atoms with Crippen LogP contribution in [0.3, 0.4) is 0 Å². The summed E-state index contributed by atoms with van der Waals surface area (Å²) in [4.78, 5) is 0. The molecule has 1 aliphatic carbocycles. The fourth-order valence-electron chi connectivity index (χ4n) is 2.57. The fraction of sp³-hybridized carbons (Fsp3) is 0.467. The maximum absolute atomic E-state index is 13.6. The van der Waals surface area contributed by atoms with Gasteiger partial charge >= 0.3 is 0 Å². The molecule has 0 N–H and O–H groups in total. The number of hydrogen-bond donors (Lipinski definition) is 0. The van der Waals surface area contributed by atoms with Crippen molar-refractivity contribution in [1.29, 1.82) is 0 Å². The van der Waals surface area contributed by atoms with Crippen molar-refractivity contribution in [2.45, 2.75) is 32.1 Å². The van der Waals surface area contributed by atoms with Crippen LogP contribution in [-0.2, 0) is 0 Å². The smallest absolute Gasteiger partial charge is 0.166 e. The third-order valence-electron chi connectivity index (χ3n) is 3.61. The van der Waals surface area contributed by atoms with E-state index in [0.29, 0.717) is 17.4 Å². The Morgan fingerprint density at radius 3 is 2.61 bits per heavy atom. The first-order chi connectivity index (χ1) is 8.72. The molecule has 0 spiro atoms. The van der Waals surface area contributed by atoms with Crippen molar-refractivity contribution in [3.05, 3.63) is 41.0 Å². The highest BCUT2D eigenvalue weighted by Gasteiger charge is 2.18. The number of halogens is 3. The summed E-state index contributed by atoms with van der Waals surface area (Å²) in [7, 11) is 0. The van der Waals surface area contributed by atoms with Gasteiger partial charge in [0.25, 0.3) is 0 Å². The zero-order valence-corrected chi connectivity index (χ0v) is 11.0. The average molecular weight is 271 g/mol. The number of benzene rings is 1. The van der Waals surface area contributed by atoms with Crippen LogP contribution in [0.15, 0.2) is 23.8 Å². The summed E-state index contributed by atoms with van der Waals surface area (Å²) < 4.78 is 26.7.